The molecule has 148 valence electrons. The van der Waals surface area contributed by atoms with Gasteiger partial charge in [-0.15, -0.1) is 0 Å². The van der Waals surface area contributed by atoms with E-state index in [1.165, 1.54) is 6.26 Å². The Bertz CT molecular complexity index is 1010. The summed E-state index contributed by atoms with van der Waals surface area (Å²) >= 11 is 5.23. The Labute approximate surface area is 174 Å². The van der Waals surface area contributed by atoms with E-state index in [1.54, 1.807) is 48.5 Å². The molecule has 0 saturated heterocycles. The van der Waals surface area contributed by atoms with Crippen LogP contribution in [0.25, 0.3) is 0 Å². The highest BCUT2D eigenvalue weighted by atomic mass is 32.1. The summed E-state index contributed by atoms with van der Waals surface area (Å²) in [5.74, 6) is -0.0296. The van der Waals surface area contributed by atoms with Gasteiger partial charge in [-0.05, 0) is 66.2 Å². The molecule has 3 N–H and O–H groups in total. The van der Waals surface area contributed by atoms with Crippen LogP contribution in [0.3, 0.4) is 0 Å². The summed E-state index contributed by atoms with van der Waals surface area (Å²) in [7, 11) is 0. The Balaban J connectivity index is 1.58. The number of furan rings is 1. The minimum absolute atomic E-state index is 0.164. The molecule has 7 heteroatoms. The average Bonchev–Trinajstić information content (AvgIpc) is 3.23. The Morgan fingerprint density at radius 1 is 0.897 bits per heavy atom. The second kappa shape index (κ2) is 9.16. The van der Waals surface area contributed by atoms with E-state index in [-0.39, 0.29) is 22.7 Å². The molecule has 0 radical (unpaired) electrons. The smallest absolute Gasteiger partial charge is 0.291 e. The molecule has 2 aromatic carbocycles. The fourth-order valence-electron chi connectivity index (χ4n) is 2.63. The van der Waals surface area contributed by atoms with Crippen molar-refractivity contribution in [2.45, 2.75) is 19.8 Å². The van der Waals surface area contributed by atoms with Gasteiger partial charge < -0.3 is 15.1 Å². The van der Waals surface area contributed by atoms with Gasteiger partial charge in [-0.25, -0.2) is 0 Å². The molecular formula is C22H21N3O3S. The Kier molecular flexibility index (Phi) is 6.41. The van der Waals surface area contributed by atoms with Crippen molar-refractivity contribution < 1.29 is 14.0 Å². The van der Waals surface area contributed by atoms with E-state index in [4.69, 9.17) is 16.6 Å². The van der Waals surface area contributed by atoms with Crippen LogP contribution in [0.4, 0.5) is 11.4 Å². The van der Waals surface area contributed by atoms with E-state index in [0.717, 1.165) is 5.56 Å². The molecular weight excluding hydrogens is 386 g/mol. The first-order chi connectivity index (χ1) is 13.9. The molecule has 0 unspecified atom stereocenters. The zero-order valence-electron chi connectivity index (χ0n) is 16.1. The van der Waals surface area contributed by atoms with Crippen LogP contribution in [0, 0.1) is 0 Å². The number of amides is 2. The van der Waals surface area contributed by atoms with Gasteiger partial charge >= 0.3 is 0 Å². The normalized spacial score (nSPS) is 10.4. The number of anilines is 2. The van der Waals surface area contributed by atoms with Crippen molar-refractivity contribution >= 4 is 40.5 Å². The summed E-state index contributed by atoms with van der Waals surface area (Å²) in [4.78, 5) is 24.4. The van der Waals surface area contributed by atoms with Crippen molar-refractivity contribution in [3.8, 4) is 0 Å². The van der Waals surface area contributed by atoms with Crippen LogP contribution in [-0.4, -0.2) is 16.9 Å². The van der Waals surface area contributed by atoms with E-state index < -0.39 is 0 Å². The lowest BCUT2D eigenvalue weighted by Crippen LogP contribution is -2.34. The molecule has 6 nitrogen and oxygen atoms in total. The molecule has 0 saturated carbocycles. The molecule has 0 aliphatic carbocycles. The van der Waals surface area contributed by atoms with Crippen molar-refractivity contribution in [2.24, 2.45) is 0 Å². The second-order valence-electron chi connectivity index (χ2n) is 6.70. The van der Waals surface area contributed by atoms with Gasteiger partial charge in [0.1, 0.15) is 0 Å². The van der Waals surface area contributed by atoms with Crippen LogP contribution < -0.4 is 16.0 Å². The zero-order chi connectivity index (χ0) is 20.8. The van der Waals surface area contributed by atoms with Crippen molar-refractivity contribution in [3.63, 3.8) is 0 Å². The number of hydrogen-bond donors (Lipinski definition) is 3. The number of hydrogen-bond acceptors (Lipinski definition) is 4. The number of nitrogens with one attached hydrogen (secondary N) is 3. The van der Waals surface area contributed by atoms with Crippen LogP contribution in [0.2, 0.25) is 0 Å². The Morgan fingerprint density at radius 2 is 1.59 bits per heavy atom. The summed E-state index contributed by atoms with van der Waals surface area (Å²) in [6, 6.07) is 17.6. The third kappa shape index (κ3) is 5.52. The standard InChI is InChI=1S/C22H21N3O3S/c1-14(2)15-8-10-16(11-9-15)20(26)25-22(29)24-18-6-3-5-17(13-18)23-21(27)19-7-4-12-28-19/h3-14H,1-2H3,(H,23,27)(H2,24,25,26,29). The number of thiocarbonyl (C=S) groups is 1. The van der Waals surface area contributed by atoms with Gasteiger partial charge in [-0.2, -0.15) is 0 Å². The minimum Gasteiger partial charge on any atom is -0.459 e. The SMILES string of the molecule is CC(C)c1ccc(C(=O)NC(=S)Nc2cccc(NC(=O)c3ccco3)c2)cc1. The lowest BCUT2D eigenvalue weighted by molar-refractivity contribution is 0.0975. The van der Waals surface area contributed by atoms with Crippen LogP contribution in [0.1, 0.15) is 46.2 Å². The monoisotopic (exact) mass is 407 g/mol. The quantitative estimate of drug-likeness (QED) is 0.530. The third-order valence-corrected chi connectivity index (χ3v) is 4.39. The second-order valence-corrected chi connectivity index (χ2v) is 7.11. The third-order valence-electron chi connectivity index (χ3n) is 4.19. The predicted molar refractivity (Wildman–Crippen MR) is 117 cm³/mol. The molecule has 1 heterocycles. The predicted octanol–water partition coefficient (Wildman–Crippen LogP) is 4.78. The topological polar surface area (TPSA) is 83.4 Å². The van der Waals surface area contributed by atoms with E-state index >= 15 is 0 Å². The van der Waals surface area contributed by atoms with Gasteiger partial charge in [-0.1, -0.05) is 32.0 Å². The molecule has 3 rings (SSSR count). The van der Waals surface area contributed by atoms with Gasteiger partial charge in [0.25, 0.3) is 11.8 Å². The molecule has 2 amide bonds. The number of benzene rings is 2. The Morgan fingerprint density at radius 3 is 2.21 bits per heavy atom. The summed E-state index contributed by atoms with van der Waals surface area (Å²) in [6.45, 7) is 4.19. The van der Waals surface area contributed by atoms with Crippen molar-refractivity contribution in [1.29, 1.82) is 0 Å². The van der Waals surface area contributed by atoms with E-state index in [9.17, 15) is 9.59 Å². The van der Waals surface area contributed by atoms with Gasteiger partial charge in [0.05, 0.1) is 6.26 Å². The van der Waals surface area contributed by atoms with E-state index in [1.807, 2.05) is 12.1 Å². The summed E-state index contributed by atoms with van der Waals surface area (Å²) in [5, 5.41) is 8.50. The largest absolute Gasteiger partial charge is 0.459 e. The Hall–Kier alpha value is -3.45. The molecule has 0 atom stereocenters. The van der Waals surface area contributed by atoms with Crippen LogP contribution in [0.5, 0.6) is 0 Å². The maximum absolute atomic E-state index is 12.4. The first-order valence-corrected chi connectivity index (χ1v) is 9.50. The molecule has 1 aromatic heterocycles. The van der Waals surface area contributed by atoms with Crippen LogP contribution >= 0.6 is 12.2 Å². The van der Waals surface area contributed by atoms with Crippen LogP contribution in [-0.2, 0) is 0 Å². The first kappa shape index (κ1) is 20.3. The molecule has 29 heavy (non-hydrogen) atoms. The zero-order valence-corrected chi connectivity index (χ0v) is 16.9. The fraction of sp³-hybridized carbons (Fsp3) is 0.136. The average molecular weight is 407 g/mol. The molecule has 0 fully saturated rings. The number of rotatable bonds is 5. The van der Waals surface area contributed by atoms with Crippen molar-refractivity contribution in [3.05, 3.63) is 83.8 Å². The fourth-order valence-corrected chi connectivity index (χ4v) is 2.84. The lowest BCUT2D eigenvalue weighted by Gasteiger charge is -2.12. The highest BCUT2D eigenvalue weighted by Gasteiger charge is 2.11. The maximum atomic E-state index is 12.4. The van der Waals surface area contributed by atoms with Gasteiger partial charge in [0.15, 0.2) is 10.9 Å². The summed E-state index contributed by atoms with van der Waals surface area (Å²) in [6.07, 6.45) is 1.43. The summed E-state index contributed by atoms with van der Waals surface area (Å²) in [5.41, 5.74) is 2.88. The van der Waals surface area contributed by atoms with E-state index in [0.29, 0.717) is 22.9 Å². The highest BCUT2D eigenvalue weighted by Crippen LogP contribution is 2.17. The maximum Gasteiger partial charge on any atom is 0.291 e. The lowest BCUT2D eigenvalue weighted by atomic mass is 10.0. The molecule has 0 bridgehead atoms. The van der Waals surface area contributed by atoms with Gasteiger partial charge in [0.2, 0.25) is 0 Å². The highest BCUT2D eigenvalue weighted by molar-refractivity contribution is 7.80. The molecule has 0 aliphatic rings. The molecule has 0 aliphatic heterocycles. The number of carbonyl (C=O) groups is 2. The van der Waals surface area contributed by atoms with Crippen LogP contribution in [0.15, 0.2) is 71.3 Å². The van der Waals surface area contributed by atoms with Crippen molar-refractivity contribution in [2.75, 3.05) is 10.6 Å². The van der Waals surface area contributed by atoms with Gasteiger partial charge in [-0.3, -0.25) is 14.9 Å². The van der Waals surface area contributed by atoms with Crippen molar-refractivity contribution in [1.82, 2.24) is 5.32 Å². The molecule has 3 aromatic rings. The first-order valence-electron chi connectivity index (χ1n) is 9.09. The summed E-state index contributed by atoms with van der Waals surface area (Å²) < 4.78 is 5.07. The minimum atomic E-state index is -0.354. The van der Waals surface area contributed by atoms with E-state index in [2.05, 4.69) is 29.8 Å². The number of carbonyl (C=O) groups excluding carboxylic acids is 2. The molecule has 0 spiro atoms. The van der Waals surface area contributed by atoms with Gasteiger partial charge in [0, 0.05) is 16.9 Å².